The molecule has 1 saturated carbocycles. The van der Waals surface area contributed by atoms with Crippen molar-refractivity contribution in [2.45, 2.75) is 43.6 Å². The number of hydrogen-bond donors (Lipinski definition) is 2. The fourth-order valence-corrected chi connectivity index (χ4v) is 2.64. The fourth-order valence-electron chi connectivity index (χ4n) is 2.20. The number of nitrogens with one attached hydrogen (secondary N) is 1. The maximum Gasteiger partial charge on any atom is 0.287 e. The monoisotopic (exact) mass is 269 g/mol. The summed E-state index contributed by atoms with van der Waals surface area (Å²) in [5.74, 6) is 1.84. The molecule has 1 aromatic rings. The Balaban J connectivity index is 1.86. The summed E-state index contributed by atoms with van der Waals surface area (Å²) >= 11 is 1.66. The highest BCUT2D eigenvalue weighted by atomic mass is 32.2. The van der Waals surface area contributed by atoms with E-state index >= 15 is 0 Å². The Hall–Kier alpha value is -0.940. The first-order valence-electron chi connectivity index (χ1n) is 6.25. The van der Waals surface area contributed by atoms with Crippen LogP contribution < -0.4 is 5.32 Å². The first-order chi connectivity index (χ1) is 8.69. The Morgan fingerprint density at radius 1 is 1.44 bits per heavy atom. The summed E-state index contributed by atoms with van der Waals surface area (Å²) < 4.78 is 5.47. The van der Waals surface area contributed by atoms with E-state index in [-0.39, 0.29) is 18.1 Å². The molecule has 5 heteroatoms. The van der Waals surface area contributed by atoms with Crippen molar-refractivity contribution in [2.24, 2.45) is 0 Å². The molecule has 1 aliphatic carbocycles. The van der Waals surface area contributed by atoms with Crippen LogP contribution in [0.5, 0.6) is 0 Å². The van der Waals surface area contributed by atoms with E-state index in [0.29, 0.717) is 5.76 Å². The Morgan fingerprint density at radius 3 is 2.83 bits per heavy atom. The van der Waals surface area contributed by atoms with Gasteiger partial charge in [-0.2, -0.15) is 11.8 Å². The standard InChI is InChI=1S/C13H19NO3S/c1-18-8-11-6-7-12(17-11)13(16)14-9-2-4-10(15)5-3-9/h6-7,9-10,15H,2-5,8H2,1H3,(H,14,16). The number of aliphatic hydroxyl groups excluding tert-OH is 1. The lowest BCUT2D eigenvalue weighted by molar-refractivity contribution is 0.0842. The first kappa shape index (κ1) is 13.5. The van der Waals surface area contributed by atoms with Crippen LogP contribution in [-0.4, -0.2) is 29.4 Å². The van der Waals surface area contributed by atoms with Crippen LogP contribution in [0.15, 0.2) is 16.5 Å². The lowest BCUT2D eigenvalue weighted by Gasteiger charge is -2.25. The molecule has 1 fully saturated rings. The van der Waals surface area contributed by atoms with Crippen LogP contribution >= 0.6 is 11.8 Å². The van der Waals surface area contributed by atoms with Gasteiger partial charge in [0.1, 0.15) is 5.76 Å². The van der Waals surface area contributed by atoms with E-state index in [0.717, 1.165) is 37.2 Å². The van der Waals surface area contributed by atoms with Crippen molar-refractivity contribution in [3.05, 3.63) is 23.7 Å². The molecule has 0 unspecified atom stereocenters. The second-order valence-corrected chi connectivity index (χ2v) is 5.54. The van der Waals surface area contributed by atoms with Gasteiger partial charge in [-0.3, -0.25) is 4.79 Å². The molecule has 18 heavy (non-hydrogen) atoms. The SMILES string of the molecule is CSCc1ccc(C(=O)NC2CCC(O)CC2)o1. The number of amides is 1. The van der Waals surface area contributed by atoms with Gasteiger partial charge in [0, 0.05) is 6.04 Å². The average molecular weight is 269 g/mol. The number of thioether (sulfide) groups is 1. The van der Waals surface area contributed by atoms with E-state index in [1.807, 2.05) is 12.3 Å². The molecule has 100 valence electrons. The Labute approximate surface area is 111 Å². The molecule has 1 amide bonds. The van der Waals surface area contributed by atoms with Gasteiger partial charge in [-0.1, -0.05) is 0 Å². The van der Waals surface area contributed by atoms with E-state index in [9.17, 15) is 9.90 Å². The zero-order valence-corrected chi connectivity index (χ0v) is 11.3. The van der Waals surface area contributed by atoms with E-state index in [2.05, 4.69) is 5.32 Å². The van der Waals surface area contributed by atoms with Crippen molar-refractivity contribution < 1.29 is 14.3 Å². The number of aliphatic hydroxyl groups is 1. The molecular formula is C13H19NO3S. The topological polar surface area (TPSA) is 62.5 Å². The summed E-state index contributed by atoms with van der Waals surface area (Å²) in [6.45, 7) is 0. The van der Waals surface area contributed by atoms with Gasteiger partial charge in [-0.05, 0) is 44.1 Å². The van der Waals surface area contributed by atoms with Gasteiger partial charge >= 0.3 is 0 Å². The predicted octanol–water partition coefficient (Wildman–Crippen LogP) is 2.18. The summed E-state index contributed by atoms with van der Waals surface area (Å²) in [6, 6.07) is 3.73. The predicted molar refractivity (Wildman–Crippen MR) is 71.7 cm³/mol. The molecule has 0 atom stereocenters. The van der Waals surface area contributed by atoms with Crippen LogP contribution in [0.1, 0.15) is 42.0 Å². The van der Waals surface area contributed by atoms with Crippen molar-refractivity contribution in [2.75, 3.05) is 6.26 Å². The maximum absolute atomic E-state index is 11.9. The van der Waals surface area contributed by atoms with E-state index < -0.39 is 0 Å². The number of furan rings is 1. The van der Waals surface area contributed by atoms with Gasteiger partial charge in [0.05, 0.1) is 11.9 Å². The Bertz CT molecular complexity index is 397. The number of hydrogen-bond acceptors (Lipinski definition) is 4. The van der Waals surface area contributed by atoms with Crippen LogP contribution in [0.3, 0.4) is 0 Å². The molecular weight excluding hydrogens is 250 g/mol. The average Bonchev–Trinajstić information content (AvgIpc) is 2.81. The van der Waals surface area contributed by atoms with E-state index in [1.54, 1.807) is 17.8 Å². The molecule has 2 N–H and O–H groups in total. The molecule has 0 aliphatic heterocycles. The highest BCUT2D eigenvalue weighted by molar-refractivity contribution is 7.97. The highest BCUT2D eigenvalue weighted by Gasteiger charge is 2.22. The third-order valence-electron chi connectivity index (χ3n) is 3.20. The molecule has 1 aromatic heterocycles. The third kappa shape index (κ3) is 3.53. The lowest BCUT2D eigenvalue weighted by atomic mass is 9.93. The summed E-state index contributed by atoms with van der Waals surface area (Å²) in [7, 11) is 0. The molecule has 4 nitrogen and oxygen atoms in total. The minimum absolute atomic E-state index is 0.149. The van der Waals surface area contributed by atoms with Gasteiger partial charge in [0.15, 0.2) is 5.76 Å². The van der Waals surface area contributed by atoms with E-state index in [4.69, 9.17) is 4.42 Å². The minimum Gasteiger partial charge on any atom is -0.455 e. The zero-order chi connectivity index (χ0) is 13.0. The number of rotatable bonds is 4. The fraction of sp³-hybridized carbons (Fsp3) is 0.615. The van der Waals surface area contributed by atoms with Crippen LogP contribution in [0, 0.1) is 0 Å². The van der Waals surface area contributed by atoms with Crippen molar-refractivity contribution in [3.63, 3.8) is 0 Å². The molecule has 0 saturated heterocycles. The Kier molecular flexibility index (Phi) is 4.72. The highest BCUT2D eigenvalue weighted by Crippen LogP contribution is 2.19. The summed E-state index contributed by atoms with van der Waals surface area (Å²) in [5.41, 5.74) is 0. The summed E-state index contributed by atoms with van der Waals surface area (Å²) in [6.07, 6.45) is 5.00. The van der Waals surface area contributed by atoms with E-state index in [1.165, 1.54) is 0 Å². The van der Waals surface area contributed by atoms with Crippen molar-refractivity contribution >= 4 is 17.7 Å². The van der Waals surface area contributed by atoms with Crippen molar-refractivity contribution in [1.29, 1.82) is 0 Å². The molecule has 2 rings (SSSR count). The van der Waals surface area contributed by atoms with Crippen LogP contribution in [0.25, 0.3) is 0 Å². The molecule has 1 aliphatic rings. The number of carbonyl (C=O) groups excluding carboxylic acids is 1. The molecule has 0 bridgehead atoms. The molecule has 0 aromatic carbocycles. The second kappa shape index (κ2) is 6.29. The largest absolute Gasteiger partial charge is 0.455 e. The van der Waals surface area contributed by atoms with Gasteiger partial charge < -0.3 is 14.8 Å². The van der Waals surface area contributed by atoms with Gasteiger partial charge in [-0.25, -0.2) is 0 Å². The molecule has 0 radical (unpaired) electrons. The molecule has 1 heterocycles. The van der Waals surface area contributed by atoms with Crippen LogP contribution in [0.4, 0.5) is 0 Å². The smallest absolute Gasteiger partial charge is 0.287 e. The number of carbonyl (C=O) groups is 1. The van der Waals surface area contributed by atoms with Gasteiger partial charge in [-0.15, -0.1) is 0 Å². The van der Waals surface area contributed by atoms with Gasteiger partial charge in [0.25, 0.3) is 5.91 Å². The molecule has 0 spiro atoms. The van der Waals surface area contributed by atoms with Crippen LogP contribution in [-0.2, 0) is 5.75 Å². The summed E-state index contributed by atoms with van der Waals surface area (Å²) in [4.78, 5) is 11.9. The third-order valence-corrected chi connectivity index (χ3v) is 3.78. The minimum atomic E-state index is -0.199. The Morgan fingerprint density at radius 2 is 2.17 bits per heavy atom. The zero-order valence-electron chi connectivity index (χ0n) is 10.5. The lowest BCUT2D eigenvalue weighted by Crippen LogP contribution is -2.38. The second-order valence-electron chi connectivity index (χ2n) is 4.68. The normalized spacial score (nSPS) is 23.9. The van der Waals surface area contributed by atoms with Crippen LogP contribution in [0.2, 0.25) is 0 Å². The first-order valence-corrected chi connectivity index (χ1v) is 7.65. The summed E-state index contributed by atoms with van der Waals surface area (Å²) in [5, 5.41) is 12.4. The van der Waals surface area contributed by atoms with Crippen molar-refractivity contribution in [3.8, 4) is 0 Å². The van der Waals surface area contributed by atoms with Crippen molar-refractivity contribution in [1.82, 2.24) is 5.32 Å². The maximum atomic E-state index is 11.9. The van der Waals surface area contributed by atoms with Gasteiger partial charge in [0.2, 0.25) is 0 Å². The quantitative estimate of drug-likeness (QED) is 0.879.